The maximum atomic E-state index is 13.0. The smallest absolute Gasteiger partial charge is 0.270 e. The Morgan fingerprint density at radius 3 is 2.79 bits per heavy atom. The highest BCUT2D eigenvalue weighted by Crippen LogP contribution is 2.35. The number of amides is 1. The van der Waals surface area contributed by atoms with Crippen LogP contribution < -0.4 is 0 Å². The molecule has 1 atom stereocenters. The van der Waals surface area contributed by atoms with E-state index >= 15 is 0 Å². The quantitative estimate of drug-likeness (QED) is 0.710. The Kier molecular flexibility index (Phi) is 3.94. The molecule has 24 heavy (non-hydrogen) atoms. The molecule has 0 saturated carbocycles. The van der Waals surface area contributed by atoms with E-state index in [1.165, 1.54) is 0 Å². The summed E-state index contributed by atoms with van der Waals surface area (Å²) in [5.74, 6) is -0.0160. The molecule has 1 amide bonds. The van der Waals surface area contributed by atoms with Crippen LogP contribution in [0.5, 0.6) is 0 Å². The molecule has 0 aliphatic carbocycles. The van der Waals surface area contributed by atoms with Gasteiger partial charge in [-0.25, -0.2) is 0 Å². The third-order valence-corrected chi connectivity index (χ3v) is 5.34. The van der Waals surface area contributed by atoms with E-state index in [1.54, 1.807) is 24.5 Å². The number of pyridine rings is 1. The standard InChI is InChI=1S/C18H15Cl2N3O/c19-13-3-4-14-12(17(13)20)10-15(22-14)18(24)23-9-1-2-16(23)11-5-7-21-8-6-11/h3-8,10,16,22H,1-2,9H2. The predicted octanol–water partition coefficient (Wildman–Crippen LogP) is 4.85. The molecule has 1 N–H and O–H groups in total. The maximum absolute atomic E-state index is 13.0. The van der Waals surface area contributed by atoms with Gasteiger partial charge in [-0.05, 0) is 48.7 Å². The van der Waals surface area contributed by atoms with Gasteiger partial charge in [0.25, 0.3) is 5.91 Å². The van der Waals surface area contributed by atoms with Crippen LogP contribution in [0.15, 0.2) is 42.7 Å². The molecule has 1 fully saturated rings. The van der Waals surface area contributed by atoms with E-state index in [2.05, 4.69) is 9.97 Å². The molecule has 3 heterocycles. The number of rotatable bonds is 2. The van der Waals surface area contributed by atoms with Crippen LogP contribution in [0.4, 0.5) is 0 Å². The summed E-state index contributed by atoms with van der Waals surface area (Å²) >= 11 is 12.3. The fraction of sp³-hybridized carbons (Fsp3) is 0.222. The number of benzene rings is 1. The number of aromatic nitrogens is 2. The van der Waals surface area contributed by atoms with Gasteiger partial charge in [-0.3, -0.25) is 9.78 Å². The first kappa shape index (κ1) is 15.5. The minimum Gasteiger partial charge on any atom is -0.350 e. The molecular formula is C18H15Cl2N3O. The highest BCUT2D eigenvalue weighted by atomic mass is 35.5. The normalized spacial score (nSPS) is 17.6. The molecule has 122 valence electrons. The number of carbonyl (C=O) groups excluding carboxylic acids is 1. The van der Waals surface area contributed by atoms with Crippen LogP contribution in [0.25, 0.3) is 10.9 Å². The number of H-pyrrole nitrogens is 1. The first-order valence-corrected chi connectivity index (χ1v) is 8.58. The Labute approximate surface area is 149 Å². The lowest BCUT2D eigenvalue weighted by atomic mass is 10.1. The van der Waals surface area contributed by atoms with Gasteiger partial charge < -0.3 is 9.88 Å². The van der Waals surface area contributed by atoms with Crippen LogP contribution in [-0.4, -0.2) is 27.3 Å². The fourth-order valence-corrected chi connectivity index (χ4v) is 3.74. The summed E-state index contributed by atoms with van der Waals surface area (Å²) in [5.41, 5.74) is 2.47. The van der Waals surface area contributed by atoms with E-state index in [0.717, 1.165) is 35.9 Å². The summed E-state index contributed by atoms with van der Waals surface area (Å²) < 4.78 is 0. The molecular weight excluding hydrogens is 345 g/mol. The molecule has 3 aromatic rings. The van der Waals surface area contributed by atoms with Gasteiger partial charge in [0.2, 0.25) is 0 Å². The number of hydrogen-bond acceptors (Lipinski definition) is 2. The maximum Gasteiger partial charge on any atom is 0.270 e. The van der Waals surface area contributed by atoms with Crippen molar-refractivity contribution < 1.29 is 4.79 Å². The Bertz CT molecular complexity index is 907. The van der Waals surface area contributed by atoms with Crippen LogP contribution in [0.2, 0.25) is 10.0 Å². The van der Waals surface area contributed by atoms with Crippen molar-refractivity contribution in [2.45, 2.75) is 18.9 Å². The molecule has 1 unspecified atom stereocenters. The lowest BCUT2D eigenvalue weighted by Gasteiger charge is -2.24. The first-order valence-electron chi connectivity index (χ1n) is 7.83. The Morgan fingerprint density at radius 2 is 2.00 bits per heavy atom. The summed E-state index contributed by atoms with van der Waals surface area (Å²) in [4.78, 5) is 22.1. The van der Waals surface area contributed by atoms with Crippen LogP contribution in [0.3, 0.4) is 0 Å². The second-order valence-corrected chi connectivity index (χ2v) is 6.73. The van der Waals surface area contributed by atoms with Crippen LogP contribution in [-0.2, 0) is 0 Å². The molecule has 4 nitrogen and oxygen atoms in total. The van der Waals surface area contributed by atoms with Gasteiger partial charge in [0.1, 0.15) is 5.69 Å². The minimum absolute atomic E-state index is 0.0160. The number of nitrogens with one attached hydrogen (secondary N) is 1. The second kappa shape index (κ2) is 6.11. The van der Waals surface area contributed by atoms with E-state index in [9.17, 15) is 4.79 Å². The number of aromatic amines is 1. The van der Waals surface area contributed by atoms with E-state index < -0.39 is 0 Å². The molecule has 4 rings (SSSR count). The largest absolute Gasteiger partial charge is 0.350 e. The van der Waals surface area contributed by atoms with Gasteiger partial charge in [0, 0.05) is 29.8 Å². The van der Waals surface area contributed by atoms with Gasteiger partial charge in [-0.1, -0.05) is 23.2 Å². The SMILES string of the molecule is O=C(c1cc2c(Cl)c(Cl)ccc2[nH]1)N1CCCC1c1ccncc1. The van der Waals surface area contributed by atoms with Crippen molar-refractivity contribution in [3.8, 4) is 0 Å². The summed E-state index contributed by atoms with van der Waals surface area (Å²) in [6.45, 7) is 0.746. The zero-order chi connectivity index (χ0) is 16.7. The molecule has 1 saturated heterocycles. The summed E-state index contributed by atoms with van der Waals surface area (Å²) in [6.07, 6.45) is 5.48. The van der Waals surface area contributed by atoms with E-state index in [4.69, 9.17) is 23.2 Å². The van der Waals surface area contributed by atoms with Crippen molar-refractivity contribution in [1.29, 1.82) is 0 Å². The highest BCUT2D eigenvalue weighted by Gasteiger charge is 2.31. The Balaban J connectivity index is 1.69. The van der Waals surface area contributed by atoms with Crippen LogP contribution >= 0.6 is 23.2 Å². The number of likely N-dealkylation sites (tertiary alicyclic amines) is 1. The van der Waals surface area contributed by atoms with E-state index in [-0.39, 0.29) is 11.9 Å². The van der Waals surface area contributed by atoms with Gasteiger partial charge in [0.15, 0.2) is 0 Å². The third-order valence-electron chi connectivity index (χ3n) is 4.53. The molecule has 1 aromatic carbocycles. The molecule has 1 aliphatic heterocycles. The van der Waals surface area contributed by atoms with Crippen LogP contribution in [0.1, 0.15) is 34.9 Å². The summed E-state index contributed by atoms with van der Waals surface area (Å²) in [7, 11) is 0. The number of hydrogen-bond donors (Lipinski definition) is 1. The molecule has 2 aromatic heterocycles. The van der Waals surface area contributed by atoms with Crippen molar-refractivity contribution in [2.75, 3.05) is 6.54 Å². The highest BCUT2D eigenvalue weighted by molar-refractivity contribution is 6.45. The topological polar surface area (TPSA) is 49.0 Å². The third kappa shape index (κ3) is 2.56. The van der Waals surface area contributed by atoms with Gasteiger partial charge in [-0.2, -0.15) is 0 Å². The van der Waals surface area contributed by atoms with Gasteiger partial charge in [0.05, 0.1) is 16.1 Å². The van der Waals surface area contributed by atoms with E-state index in [1.807, 2.05) is 23.1 Å². The molecule has 0 spiro atoms. The molecule has 0 radical (unpaired) electrons. The number of fused-ring (bicyclic) bond motifs is 1. The zero-order valence-corrected chi connectivity index (χ0v) is 14.3. The lowest BCUT2D eigenvalue weighted by molar-refractivity contribution is 0.0730. The number of carbonyl (C=O) groups is 1. The van der Waals surface area contributed by atoms with Crippen molar-refractivity contribution in [3.05, 3.63) is 64.0 Å². The van der Waals surface area contributed by atoms with Crippen molar-refractivity contribution in [3.63, 3.8) is 0 Å². The Hall–Kier alpha value is -2.04. The zero-order valence-electron chi connectivity index (χ0n) is 12.8. The van der Waals surface area contributed by atoms with Gasteiger partial charge >= 0.3 is 0 Å². The van der Waals surface area contributed by atoms with Crippen molar-refractivity contribution in [1.82, 2.24) is 14.9 Å². The van der Waals surface area contributed by atoms with Crippen molar-refractivity contribution >= 4 is 40.0 Å². The van der Waals surface area contributed by atoms with Crippen LogP contribution in [0, 0.1) is 0 Å². The summed E-state index contributed by atoms with van der Waals surface area (Å²) in [6, 6.07) is 9.38. The molecule has 6 heteroatoms. The second-order valence-electron chi connectivity index (χ2n) is 5.94. The predicted molar refractivity (Wildman–Crippen MR) is 95.6 cm³/mol. The number of halogens is 2. The Morgan fingerprint density at radius 1 is 1.21 bits per heavy atom. The summed E-state index contributed by atoms with van der Waals surface area (Å²) in [5, 5.41) is 1.72. The minimum atomic E-state index is -0.0160. The molecule has 1 aliphatic rings. The average molecular weight is 360 g/mol. The lowest BCUT2D eigenvalue weighted by Crippen LogP contribution is -2.30. The first-order chi connectivity index (χ1) is 11.6. The van der Waals surface area contributed by atoms with Gasteiger partial charge in [-0.15, -0.1) is 0 Å². The van der Waals surface area contributed by atoms with Crippen molar-refractivity contribution in [2.24, 2.45) is 0 Å². The number of nitrogens with zero attached hydrogens (tertiary/aromatic N) is 2. The average Bonchev–Trinajstić information content (AvgIpc) is 3.25. The molecule has 0 bridgehead atoms. The monoisotopic (exact) mass is 359 g/mol. The fourth-order valence-electron chi connectivity index (χ4n) is 3.35. The van der Waals surface area contributed by atoms with E-state index in [0.29, 0.717) is 15.7 Å².